The van der Waals surface area contributed by atoms with E-state index in [-0.39, 0.29) is 0 Å². The summed E-state index contributed by atoms with van der Waals surface area (Å²) in [5, 5.41) is 11.5. The molecule has 4 nitrogen and oxygen atoms in total. The summed E-state index contributed by atoms with van der Waals surface area (Å²) in [7, 11) is 0. The van der Waals surface area contributed by atoms with Crippen LogP contribution in [-0.2, 0) is 0 Å². The molecule has 1 N–H and O–H groups in total. The molecule has 19 heavy (non-hydrogen) atoms. The van der Waals surface area contributed by atoms with E-state index < -0.39 is 0 Å². The Morgan fingerprint density at radius 2 is 2.05 bits per heavy atom. The van der Waals surface area contributed by atoms with Crippen molar-refractivity contribution < 1.29 is 9.62 Å². The third-order valence-corrected chi connectivity index (χ3v) is 3.41. The van der Waals surface area contributed by atoms with Gasteiger partial charge in [0.05, 0.1) is 11.8 Å². The van der Waals surface area contributed by atoms with Crippen LogP contribution in [0, 0.1) is 0 Å². The van der Waals surface area contributed by atoms with Gasteiger partial charge in [-0.1, -0.05) is 17.3 Å². The van der Waals surface area contributed by atoms with Crippen LogP contribution >= 0.6 is 15.9 Å². The molecule has 0 saturated heterocycles. The first-order valence-electron chi connectivity index (χ1n) is 5.61. The van der Waals surface area contributed by atoms with E-state index in [0.717, 1.165) is 21.1 Å². The topological polar surface area (TPSA) is 58.6 Å². The highest BCUT2D eigenvalue weighted by molar-refractivity contribution is 9.10. The van der Waals surface area contributed by atoms with Gasteiger partial charge in [-0.15, -0.1) is 0 Å². The van der Waals surface area contributed by atoms with Crippen molar-refractivity contribution in [3.8, 4) is 11.5 Å². The molecular formula is C14H9BrN2O2. The molecule has 0 amide bonds. The van der Waals surface area contributed by atoms with E-state index in [9.17, 15) is 0 Å². The molecule has 0 bridgehead atoms. The molecule has 3 rings (SSSR count). The van der Waals surface area contributed by atoms with E-state index in [1.807, 2.05) is 24.3 Å². The standard InChI is InChI=1S/C14H9BrN2O2/c15-11-4-2-1-3-10(11)14-17-12-7-9(8-16-18)5-6-13(12)19-14/h1-8,18H/b16-8-. The van der Waals surface area contributed by atoms with Crippen molar-refractivity contribution in [2.75, 3.05) is 0 Å². The van der Waals surface area contributed by atoms with E-state index in [1.54, 1.807) is 18.2 Å². The van der Waals surface area contributed by atoms with Crippen LogP contribution < -0.4 is 0 Å². The number of aromatic nitrogens is 1. The summed E-state index contributed by atoms with van der Waals surface area (Å²) < 4.78 is 6.65. The number of benzene rings is 2. The molecule has 0 atom stereocenters. The lowest BCUT2D eigenvalue weighted by atomic mass is 10.2. The Labute approximate surface area is 117 Å². The van der Waals surface area contributed by atoms with Crippen LogP contribution in [-0.4, -0.2) is 16.4 Å². The molecule has 1 heterocycles. The summed E-state index contributed by atoms with van der Waals surface area (Å²) >= 11 is 3.48. The molecule has 2 aromatic carbocycles. The summed E-state index contributed by atoms with van der Waals surface area (Å²) in [5.74, 6) is 0.556. The molecule has 0 aliphatic carbocycles. The van der Waals surface area contributed by atoms with Crippen molar-refractivity contribution in [1.29, 1.82) is 0 Å². The number of hydrogen-bond acceptors (Lipinski definition) is 4. The summed E-state index contributed by atoms with van der Waals surface area (Å²) in [5.41, 5.74) is 3.09. The van der Waals surface area contributed by atoms with Gasteiger partial charge in [0.1, 0.15) is 5.52 Å². The first-order valence-corrected chi connectivity index (χ1v) is 6.40. The molecule has 0 fully saturated rings. The number of halogens is 1. The first kappa shape index (κ1) is 11.9. The normalized spacial score (nSPS) is 11.4. The van der Waals surface area contributed by atoms with Crippen molar-refractivity contribution in [3.63, 3.8) is 0 Å². The molecule has 0 unspecified atom stereocenters. The Morgan fingerprint density at radius 1 is 1.21 bits per heavy atom. The number of fused-ring (bicyclic) bond motifs is 1. The smallest absolute Gasteiger partial charge is 0.228 e. The zero-order valence-electron chi connectivity index (χ0n) is 9.75. The number of oxazole rings is 1. The van der Waals surface area contributed by atoms with Crippen molar-refractivity contribution in [3.05, 3.63) is 52.5 Å². The molecule has 0 saturated carbocycles. The molecule has 0 spiro atoms. The average molecular weight is 317 g/mol. The highest BCUT2D eigenvalue weighted by Gasteiger charge is 2.10. The lowest BCUT2D eigenvalue weighted by Crippen LogP contribution is -1.80. The van der Waals surface area contributed by atoms with Gasteiger partial charge in [0.25, 0.3) is 0 Å². The third kappa shape index (κ3) is 2.24. The second-order valence-corrected chi connectivity index (χ2v) is 4.82. The van der Waals surface area contributed by atoms with Gasteiger partial charge in [-0.05, 0) is 51.8 Å². The van der Waals surface area contributed by atoms with Gasteiger partial charge in [0, 0.05) is 4.47 Å². The summed E-state index contributed by atoms with van der Waals surface area (Å²) in [6.45, 7) is 0. The fourth-order valence-corrected chi connectivity index (χ4v) is 2.30. The van der Waals surface area contributed by atoms with Crippen LogP contribution in [0.1, 0.15) is 5.56 Å². The van der Waals surface area contributed by atoms with Crippen LogP contribution in [0.15, 0.2) is 56.5 Å². The van der Waals surface area contributed by atoms with Crippen molar-refractivity contribution in [2.45, 2.75) is 0 Å². The highest BCUT2D eigenvalue weighted by atomic mass is 79.9. The summed E-state index contributed by atoms with van der Waals surface area (Å²) in [6.07, 6.45) is 1.35. The van der Waals surface area contributed by atoms with E-state index in [2.05, 4.69) is 26.1 Å². The van der Waals surface area contributed by atoms with Gasteiger partial charge in [-0.25, -0.2) is 4.98 Å². The number of nitrogens with zero attached hydrogens (tertiary/aromatic N) is 2. The van der Waals surface area contributed by atoms with Crippen molar-refractivity contribution >= 4 is 33.2 Å². The van der Waals surface area contributed by atoms with Gasteiger partial charge in [0.2, 0.25) is 5.89 Å². The van der Waals surface area contributed by atoms with E-state index >= 15 is 0 Å². The Balaban J connectivity index is 2.14. The SMILES string of the molecule is O/N=C\c1ccc2oc(-c3ccccc3Br)nc2c1. The maximum atomic E-state index is 8.53. The molecule has 0 radical (unpaired) electrons. The lowest BCUT2D eigenvalue weighted by Gasteiger charge is -1.97. The molecule has 0 aliphatic heterocycles. The predicted molar refractivity (Wildman–Crippen MR) is 76.5 cm³/mol. The minimum atomic E-state index is 0.556. The predicted octanol–water partition coefficient (Wildman–Crippen LogP) is 4.07. The quantitative estimate of drug-likeness (QED) is 0.440. The van der Waals surface area contributed by atoms with Crippen molar-refractivity contribution in [1.82, 2.24) is 4.98 Å². The summed E-state index contributed by atoms with van der Waals surface area (Å²) in [6, 6.07) is 13.2. The largest absolute Gasteiger partial charge is 0.436 e. The molecule has 5 heteroatoms. The van der Waals surface area contributed by atoms with Gasteiger partial charge in [-0.2, -0.15) is 0 Å². The van der Waals surface area contributed by atoms with Gasteiger partial charge in [-0.3, -0.25) is 0 Å². The number of hydrogen-bond donors (Lipinski definition) is 1. The second-order valence-electron chi connectivity index (χ2n) is 3.97. The maximum absolute atomic E-state index is 8.53. The minimum absolute atomic E-state index is 0.556. The Bertz CT molecular complexity index is 765. The van der Waals surface area contributed by atoms with E-state index in [0.29, 0.717) is 11.5 Å². The molecule has 1 aromatic heterocycles. The molecule has 94 valence electrons. The maximum Gasteiger partial charge on any atom is 0.228 e. The fourth-order valence-electron chi connectivity index (χ4n) is 1.84. The fraction of sp³-hybridized carbons (Fsp3) is 0. The average Bonchev–Trinajstić information content (AvgIpc) is 2.82. The zero-order chi connectivity index (χ0) is 13.2. The molecule has 3 aromatic rings. The van der Waals surface area contributed by atoms with E-state index in [4.69, 9.17) is 9.62 Å². The number of rotatable bonds is 2. The second kappa shape index (κ2) is 4.85. The minimum Gasteiger partial charge on any atom is -0.436 e. The van der Waals surface area contributed by atoms with Gasteiger partial charge in [0.15, 0.2) is 5.58 Å². The molecule has 0 aliphatic rings. The highest BCUT2D eigenvalue weighted by Crippen LogP contribution is 2.30. The molecular weight excluding hydrogens is 308 g/mol. The zero-order valence-corrected chi connectivity index (χ0v) is 11.3. The monoisotopic (exact) mass is 316 g/mol. The van der Waals surface area contributed by atoms with Crippen molar-refractivity contribution in [2.24, 2.45) is 5.16 Å². The van der Waals surface area contributed by atoms with Crippen LogP contribution in [0.5, 0.6) is 0 Å². The lowest BCUT2D eigenvalue weighted by molar-refractivity contribution is 0.322. The Morgan fingerprint density at radius 3 is 2.84 bits per heavy atom. The summed E-state index contributed by atoms with van der Waals surface area (Å²) in [4.78, 5) is 4.45. The van der Waals surface area contributed by atoms with Crippen LogP contribution in [0.2, 0.25) is 0 Å². The van der Waals surface area contributed by atoms with Gasteiger partial charge < -0.3 is 9.62 Å². The first-order chi connectivity index (χ1) is 9.28. The Hall–Kier alpha value is -2.14. The van der Waals surface area contributed by atoms with Crippen LogP contribution in [0.3, 0.4) is 0 Å². The third-order valence-electron chi connectivity index (χ3n) is 2.72. The number of oxime groups is 1. The van der Waals surface area contributed by atoms with Gasteiger partial charge >= 0.3 is 0 Å². The van der Waals surface area contributed by atoms with Crippen LogP contribution in [0.25, 0.3) is 22.6 Å². The Kier molecular flexibility index (Phi) is 3.05. The van der Waals surface area contributed by atoms with E-state index in [1.165, 1.54) is 6.21 Å². The van der Waals surface area contributed by atoms with Crippen LogP contribution in [0.4, 0.5) is 0 Å².